The van der Waals surface area contributed by atoms with Crippen LogP contribution in [0.4, 0.5) is 0 Å². The Morgan fingerprint density at radius 1 is 1.39 bits per heavy atom. The summed E-state index contributed by atoms with van der Waals surface area (Å²) in [5, 5.41) is 2.89. The number of aromatic nitrogens is 1. The molecule has 1 amide bonds. The van der Waals surface area contributed by atoms with Crippen molar-refractivity contribution in [2.75, 3.05) is 26.2 Å². The lowest BCUT2D eigenvalue weighted by molar-refractivity contribution is 0.0945. The van der Waals surface area contributed by atoms with Crippen molar-refractivity contribution in [2.24, 2.45) is 5.73 Å². The van der Waals surface area contributed by atoms with Gasteiger partial charge in [-0.15, -0.1) is 0 Å². The maximum absolute atomic E-state index is 11.8. The van der Waals surface area contributed by atoms with Gasteiger partial charge in [-0.25, -0.2) is 0 Å². The van der Waals surface area contributed by atoms with E-state index in [0.29, 0.717) is 18.8 Å². The fraction of sp³-hybridized carbons (Fsp3) is 0.538. The van der Waals surface area contributed by atoms with Crippen LogP contribution in [0.15, 0.2) is 18.3 Å². The highest BCUT2D eigenvalue weighted by Gasteiger charge is 2.12. The minimum absolute atomic E-state index is 0.113. The Morgan fingerprint density at radius 3 is 2.78 bits per heavy atom. The predicted molar refractivity (Wildman–Crippen MR) is 70.1 cm³/mol. The topological polar surface area (TPSA) is 71.2 Å². The number of amides is 1. The molecule has 0 unspecified atom stereocenters. The summed E-state index contributed by atoms with van der Waals surface area (Å²) in [6.07, 6.45) is 4.20. The number of rotatable bonds is 5. The van der Waals surface area contributed by atoms with Crippen LogP contribution < -0.4 is 11.1 Å². The first-order valence-electron chi connectivity index (χ1n) is 6.45. The van der Waals surface area contributed by atoms with E-state index < -0.39 is 0 Å². The van der Waals surface area contributed by atoms with Gasteiger partial charge in [-0.3, -0.25) is 9.78 Å². The normalized spacial score (nSPS) is 15.8. The van der Waals surface area contributed by atoms with Gasteiger partial charge in [0.2, 0.25) is 0 Å². The minimum Gasteiger partial charge on any atom is -0.349 e. The van der Waals surface area contributed by atoms with E-state index in [4.69, 9.17) is 5.73 Å². The third-order valence-electron chi connectivity index (χ3n) is 3.21. The molecule has 0 saturated carbocycles. The molecule has 5 nitrogen and oxygen atoms in total. The van der Waals surface area contributed by atoms with Gasteiger partial charge in [-0.2, -0.15) is 0 Å². The highest BCUT2D eigenvalue weighted by Crippen LogP contribution is 2.05. The molecule has 2 rings (SSSR count). The lowest BCUT2D eigenvalue weighted by Crippen LogP contribution is -2.33. The summed E-state index contributed by atoms with van der Waals surface area (Å²) < 4.78 is 0. The first-order valence-corrected chi connectivity index (χ1v) is 6.45. The van der Waals surface area contributed by atoms with Gasteiger partial charge in [0, 0.05) is 25.8 Å². The molecule has 3 N–H and O–H groups in total. The molecule has 0 atom stereocenters. The molecular formula is C13H20N4O. The summed E-state index contributed by atoms with van der Waals surface area (Å²) >= 11 is 0. The van der Waals surface area contributed by atoms with Crippen LogP contribution in [0.5, 0.6) is 0 Å². The molecule has 0 aromatic carbocycles. The van der Waals surface area contributed by atoms with Crippen molar-refractivity contribution >= 4 is 5.91 Å². The Hall–Kier alpha value is -1.46. The second kappa shape index (κ2) is 6.47. The summed E-state index contributed by atoms with van der Waals surface area (Å²) in [5.41, 5.74) is 6.87. The molecule has 1 fully saturated rings. The van der Waals surface area contributed by atoms with Crippen molar-refractivity contribution in [3.63, 3.8) is 0 Å². The van der Waals surface area contributed by atoms with Crippen LogP contribution in [0, 0.1) is 0 Å². The monoisotopic (exact) mass is 248 g/mol. The average molecular weight is 248 g/mol. The number of nitrogens with two attached hydrogens (primary N) is 1. The Kier molecular flexibility index (Phi) is 4.66. The summed E-state index contributed by atoms with van der Waals surface area (Å²) in [6, 6.07) is 3.55. The molecule has 1 aliphatic heterocycles. The van der Waals surface area contributed by atoms with Gasteiger partial charge in [0.05, 0.1) is 0 Å². The highest BCUT2D eigenvalue weighted by molar-refractivity contribution is 5.92. The van der Waals surface area contributed by atoms with Crippen molar-refractivity contribution in [2.45, 2.75) is 19.4 Å². The van der Waals surface area contributed by atoms with Gasteiger partial charge in [0.15, 0.2) is 0 Å². The third kappa shape index (κ3) is 3.51. The average Bonchev–Trinajstić information content (AvgIpc) is 2.92. The van der Waals surface area contributed by atoms with Gasteiger partial charge in [0.25, 0.3) is 5.91 Å². The molecule has 18 heavy (non-hydrogen) atoms. The Morgan fingerprint density at radius 2 is 2.17 bits per heavy atom. The molecule has 1 saturated heterocycles. The summed E-state index contributed by atoms with van der Waals surface area (Å²) in [7, 11) is 0. The Labute approximate surface area is 107 Å². The maximum atomic E-state index is 11.8. The van der Waals surface area contributed by atoms with E-state index in [0.717, 1.165) is 25.2 Å². The van der Waals surface area contributed by atoms with Crippen molar-refractivity contribution in [3.05, 3.63) is 29.6 Å². The molecule has 2 heterocycles. The Balaban J connectivity index is 1.76. The number of hydrogen-bond acceptors (Lipinski definition) is 4. The largest absolute Gasteiger partial charge is 0.349 e. The highest BCUT2D eigenvalue weighted by atomic mass is 16.1. The Bertz CT molecular complexity index is 384. The van der Waals surface area contributed by atoms with Gasteiger partial charge in [-0.05, 0) is 37.6 Å². The molecule has 5 heteroatoms. The molecule has 1 aromatic rings. The van der Waals surface area contributed by atoms with E-state index in [1.165, 1.54) is 12.8 Å². The van der Waals surface area contributed by atoms with Crippen molar-refractivity contribution < 1.29 is 4.79 Å². The lowest BCUT2D eigenvalue weighted by Gasteiger charge is -2.14. The smallest absolute Gasteiger partial charge is 0.269 e. The van der Waals surface area contributed by atoms with Crippen LogP contribution in [0.3, 0.4) is 0 Å². The van der Waals surface area contributed by atoms with E-state index in [1.807, 2.05) is 6.07 Å². The first-order chi connectivity index (χ1) is 8.79. The van der Waals surface area contributed by atoms with Crippen molar-refractivity contribution in [1.29, 1.82) is 0 Å². The van der Waals surface area contributed by atoms with E-state index in [-0.39, 0.29) is 5.91 Å². The zero-order valence-electron chi connectivity index (χ0n) is 10.6. The number of pyridine rings is 1. The fourth-order valence-corrected chi connectivity index (χ4v) is 2.10. The summed E-state index contributed by atoms with van der Waals surface area (Å²) in [5.74, 6) is -0.113. The second-order valence-corrected chi connectivity index (χ2v) is 4.56. The number of nitrogens with one attached hydrogen (secondary N) is 1. The zero-order chi connectivity index (χ0) is 12.8. The van der Waals surface area contributed by atoms with Crippen molar-refractivity contribution in [1.82, 2.24) is 15.2 Å². The van der Waals surface area contributed by atoms with Crippen LogP contribution >= 0.6 is 0 Å². The molecular weight excluding hydrogens is 228 g/mol. The van der Waals surface area contributed by atoms with E-state index in [9.17, 15) is 4.79 Å². The molecule has 0 aliphatic carbocycles. The van der Waals surface area contributed by atoms with Crippen LogP contribution in [-0.4, -0.2) is 42.0 Å². The van der Waals surface area contributed by atoms with Crippen molar-refractivity contribution in [3.8, 4) is 0 Å². The lowest BCUT2D eigenvalue weighted by atomic mass is 10.2. The molecule has 0 bridgehead atoms. The second-order valence-electron chi connectivity index (χ2n) is 4.56. The van der Waals surface area contributed by atoms with Crippen LogP contribution in [0.25, 0.3) is 0 Å². The molecule has 0 radical (unpaired) electrons. The summed E-state index contributed by atoms with van der Waals surface area (Å²) in [6.45, 7) is 4.36. The summed E-state index contributed by atoms with van der Waals surface area (Å²) in [4.78, 5) is 18.3. The minimum atomic E-state index is -0.113. The molecule has 98 valence electrons. The van der Waals surface area contributed by atoms with Gasteiger partial charge in [0.1, 0.15) is 5.69 Å². The quantitative estimate of drug-likeness (QED) is 0.789. The van der Waals surface area contributed by atoms with Crippen LogP contribution in [0.1, 0.15) is 28.9 Å². The fourth-order valence-electron chi connectivity index (χ4n) is 2.10. The predicted octanol–water partition coefficient (Wildman–Crippen LogP) is 0.366. The van der Waals surface area contributed by atoms with Gasteiger partial charge < -0.3 is 16.0 Å². The third-order valence-corrected chi connectivity index (χ3v) is 3.21. The van der Waals surface area contributed by atoms with Gasteiger partial charge >= 0.3 is 0 Å². The standard InChI is InChI=1S/C13H20N4O/c14-9-11-3-4-12(16-10-11)13(18)15-5-8-17-6-1-2-7-17/h3-4,10H,1-2,5-9,14H2,(H,15,18). The maximum Gasteiger partial charge on any atom is 0.269 e. The zero-order valence-corrected chi connectivity index (χ0v) is 10.6. The number of carbonyl (C=O) groups excluding carboxylic acids is 1. The van der Waals surface area contributed by atoms with Crippen LogP contribution in [0.2, 0.25) is 0 Å². The SMILES string of the molecule is NCc1ccc(C(=O)NCCN2CCCC2)nc1. The number of hydrogen-bond donors (Lipinski definition) is 2. The molecule has 0 spiro atoms. The number of nitrogens with zero attached hydrogens (tertiary/aromatic N) is 2. The van der Waals surface area contributed by atoms with E-state index >= 15 is 0 Å². The molecule has 1 aliphatic rings. The number of likely N-dealkylation sites (tertiary alicyclic amines) is 1. The van der Waals surface area contributed by atoms with E-state index in [1.54, 1.807) is 12.3 Å². The van der Waals surface area contributed by atoms with Gasteiger partial charge in [-0.1, -0.05) is 6.07 Å². The van der Waals surface area contributed by atoms with E-state index in [2.05, 4.69) is 15.2 Å². The first kappa shape index (κ1) is 13.0. The number of carbonyl (C=O) groups is 1. The molecule has 1 aromatic heterocycles. The van der Waals surface area contributed by atoms with Crippen LogP contribution in [-0.2, 0) is 6.54 Å².